The molecular formula is C15H18FN3. The Kier molecular flexibility index (Phi) is 3.81. The van der Waals surface area contributed by atoms with Crippen molar-refractivity contribution in [2.24, 2.45) is 5.73 Å². The lowest BCUT2D eigenvalue weighted by Gasteiger charge is -2.23. The van der Waals surface area contributed by atoms with Crippen molar-refractivity contribution in [1.29, 1.82) is 0 Å². The van der Waals surface area contributed by atoms with E-state index in [1.54, 1.807) is 30.1 Å². The molecule has 19 heavy (non-hydrogen) atoms. The van der Waals surface area contributed by atoms with Gasteiger partial charge in [-0.1, -0.05) is 12.1 Å². The summed E-state index contributed by atoms with van der Waals surface area (Å²) in [7, 11) is 1.80. The third kappa shape index (κ3) is 2.58. The molecule has 4 heteroatoms. The Morgan fingerprint density at radius 1 is 1.26 bits per heavy atom. The Morgan fingerprint density at radius 2 is 1.95 bits per heavy atom. The van der Waals surface area contributed by atoms with Crippen LogP contribution in [0, 0.1) is 19.7 Å². The van der Waals surface area contributed by atoms with E-state index < -0.39 is 0 Å². The number of aryl methyl sites for hydroxylation is 2. The molecule has 2 rings (SSSR count). The highest BCUT2D eigenvalue weighted by Gasteiger charge is 2.15. The van der Waals surface area contributed by atoms with E-state index in [9.17, 15) is 4.39 Å². The van der Waals surface area contributed by atoms with Gasteiger partial charge in [0.15, 0.2) is 0 Å². The van der Waals surface area contributed by atoms with Gasteiger partial charge in [0.2, 0.25) is 0 Å². The van der Waals surface area contributed by atoms with Crippen LogP contribution in [0.25, 0.3) is 0 Å². The summed E-state index contributed by atoms with van der Waals surface area (Å²) < 4.78 is 13.9. The first kappa shape index (κ1) is 13.5. The van der Waals surface area contributed by atoms with Gasteiger partial charge in [-0.3, -0.25) is 0 Å². The number of pyridine rings is 1. The van der Waals surface area contributed by atoms with Crippen molar-refractivity contribution in [2.45, 2.75) is 20.4 Å². The molecule has 0 spiro atoms. The minimum atomic E-state index is -0.270. The number of nitrogens with zero attached hydrogens (tertiary/aromatic N) is 2. The summed E-state index contributed by atoms with van der Waals surface area (Å²) in [5, 5.41) is 0. The smallest absolute Gasteiger partial charge is 0.146 e. The van der Waals surface area contributed by atoms with E-state index in [0.717, 1.165) is 16.8 Å². The molecule has 3 nitrogen and oxygen atoms in total. The predicted octanol–water partition coefficient (Wildman–Crippen LogP) is 3.06. The Morgan fingerprint density at radius 3 is 2.58 bits per heavy atom. The van der Waals surface area contributed by atoms with Crippen molar-refractivity contribution in [2.75, 3.05) is 11.9 Å². The second-order valence-corrected chi connectivity index (χ2v) is 4.60. The molecule has 0 atom stereocenters. The van der Waals surface area contributed by atoms with Gasteiger partial charge >= 0.3 is 0 Å². The summed E-state index contributed by atoms with van der Waals surface area (Å²) in [4.78, 5) is 6.25. The van der Waals surface area contributed by atoms with Gasteiger partial charge in [-0.15, -0.1) is 0 Å². The molecule has 0 saturated heterocycles. The van der Waals surface area contributed by atoms with Gasteiger partial charge in [-0.25, -0.2) is 9.37 Å². The number of anilines is 2. The van der Waals surface area contributed by atoms with Crippen LogP contribution >= 0.6 is 0 Å². The van der Waals surface area contributed by atoms with Gasteiger partial charge in [-0.2, -0.15) is 0 Å². The van der Waals surface area contributed by atoms with Crippen LogP contribution in [0.4, 0.5) is 15.9 Å². The first-order chi connectivity index (χ1) is 9.04. The Labute approximate surface area is 112 Å². The zero-order valence-electron chi connectivity index (χ0n) is 11.4. The molecule has 0 saturated carbocycles. The van der Waals surface area contributed by atoms with Crippen LogP contribution in [0.15, 0.2) is 30.3 Å². The minimum Gasteiger partial charge on any atom is -0.327 e. The van der Waals surface area contributed by atoms with E-state index in [2.05, 4.69) is 4.98 Å². The van der Waals surface area contributed by atoms with Crippen molar-refractivity contribution in [3.8, 4) is 0 Å². The topological polar surface area (TPSA) is 42.1 Å². The molecule has 0 aliphatic heterocycles. The molecule has 0 bridgehead atoms. The van der Waals surface area contributed by atoms with Crippen molar-refractivity contribution in [3.05, 3.63) is 53.0 Å². The molecule has 0 unspecified atom stereocenters. The maximum absolute atomic E-state index is 13.9. The van der Waals surface area contributed by atoms with Crippen LogP contribution in [0.2, 0.25) is 0 Å². The average Bonchev–Trinajstić information content (AvgIpc) is 2.37. The Hall–Kier alpha value is -1.94. The van der Waals surface area contributed by atoms with Gasteiger partial charge in [-0.05, 0) is 37.6 Å². The third-order valence-electron chi connectivity index (χ3n) is 3.19. The van der Waals surface area contributed by atoms with E-state index in [4.69, 9.17) is 5.73 Å². The summed E-state index contributed by atoms with van der Waals surface area (Å²) in [6.45, 7) is 4.30. The van der Waals surface area contributed by atoms with Crippen molar-refractivity contribution in [1.82, 2.24) is 4.98 Å². The van der Waals surface area contributed by atoms with Crippen LogP contribution in [0.5, 0.6) is 0 Å². The summed E-state index contributed by atoms with van der Waals surface area (Å²) in [5.74, 6) is 0.444. The average molecular weight is 259 g/mol. The summed E-state index contributed by atoms with van der Waals surface area (Å²) in [5.41, 5.74) is 9.20. The van der Waals surface area contributed by atoms with Gasteiger partial charge in [0.25, 0.3) is 0 Å². The molecule has 1 aromatic carbocycles. The summed E-state index contributed by atoms with van der Waals surface area (Å²) in [6.07, 6.45) is 0. The van der Waals surface area contributed by atoms with E-state index in [0.29, 0.717) is 18.1 Å². The third-order valence-corrected chi connectivity index (χ3v) is 3.19. The quantitative estimate of drug-likeness (QED) is 0.921. The standard InChI is InChI=1S/C15H18FN3/c1-10-8-11(2)18-15(12(10)9-17)19(3)14-7-5-4-6-13(14)16/h4-8H,9,17H2,1-3H3. The van der Waals surface area contributed by atoms with E-state index in [-0.39, 0.29) is 5.82 Å². The fourth-order valence-corrected chi connectivity index (χ4v) is 2.21. The molecule has 0 aliphatic rings. The van der Waals surface area contributed by atoms with Crippen LogP contribution in [0.1, 0.15) is 16.8 Å². The van der Waals surface area contributed by atoms with Crippen LogP contribution in [-0.2, 0) is 6.54 Å². The summed E-state index contributed by atoms with van der Waals surface area (Å²) >= 11 is 0. The van der Waals surface area contributed by atoms with Crippen molar-refractivity contribution >= 4 is 11.5 Å². The molecule has 0 radical (unpaired) electrons. The number of benzene rings is 1. The lowest BCUT2D eigenvalue weighted by Crippen LogP contribution is -2.17. The monoisotopic (exact) mass is 259 g/mol. The molecule has 2 aromatic rings. The van der Waals surface area contributed by atoms with Crippen LogP contribution in [0.3, 0.4) is 0 Å². The highest BCUT2D eigenvalue weighted by molar-refractivity contribution is 5.64. The number of hydrogen-bond donors (Lipinski definition) is 1. The summed E-state index contributed by atoms with van der Waals surface area (Å²) in [6, 6.07) is 8.64. The number of aromatic nitrogens is 1. The molecule has 0 aliphatic carbocycles. The Balaban J connectivity index is 2.55. The van der Waals surface area contributed by atoms with E-state index >= 15 is 0 Å². The van der Waals surface area contributed by atoms with Gasteiger partial charge in [0, 0.05) is 24.8 Å². The molecular weight excluding hydrogens is 241 g/mol. The molecule has 0 amide bonds. The largest absolute Gasteiger partial charge is 0.327 e. The maximum atomic E-state index is 13.9. The van der Waals surface area contributed by atoms with Crippen molar-refractivity contribution in [3.63, 3.8) is 0 Å². The van der Waals surface area contributed by atoms with Gasteiger partial charge in [0.1, 0.15) is 11.6 Å². The van der Waals surface area contributed by atoms with E-state index in [1.165, 1.54) is 6.07 Å². The lowest BCUT2D eigenvalue weighted by molar-refractivity contribution is 0.627. The highest BCUT2D eigenvalue weighted by atomic mass is 19.1. The Bertz CT molecular complexity index is 596. The van der Waals surface area contributed by atoms with Gasteiger partial charge < -0.3 is 10.6 Å². The first-order valence-corrected chi connectivity index (χ1v) is 6.20. The second-order valence-electron chi connectivity index (χ2n) is 4.60. The number of nitrogens with two attached hydrogens (primary N) is 1. The number of halogens is 1. The lowest BCUT2D eigenvalue weighted by atomic mass is 10.1. The van der Waals surface area contributed by atoms with Crippen molar-refractivity contribution < 1.29 is 4.39 Å². The fraction of sp³-hybridized carbons (Fsp3) is 0.267. The molecule has 100 valence electrons. The normalized spacial score (nSPS) is 10.6. The van der Waals surface area contributed by atoms with Crippen LogP contribution in [-0.4, -0.2) is 12.0 Å². The molecule has 1 aromatic heterocycles. The zero-order chi connectivity index (χ0) is 14.0. The predicted molar refractivity (Wildman–Crippen MR) is 76.1 cm³/mol. The highest BCUT2D eigenvalue weighted by Crippen LogP contribution is 2.29. The van der Waals surface area contributed by atoms with Gasteiger partial charge in [0.05, 0.1) is 5.69 Å². The maximum Gasteiger partial charge on any atom is 0.146 e. The fourth-order valence-electron chi connectivity index (χ4n) is 2.21. The number of para-hydroxylation sites is 1. The molecule has 0 fully saturated rings. The molecule has 1 heterocycles. The van der Waals surface area contributed by atoms with Crippen LogP contribution < -0.4 is 10.6 Å². The number of hydrogen-bond acceptors (Lipinski definition) is 3. The second kappa shape index (κ2) is 5.36. The molecule has 2 N–H and O–H groups in total. The minimum absolute atomic E-state index is 0.270. The SMILES string of the molecule is Cc1cc(C)c(CN)c(N(C)c2ccccc2F)n1. The zero-order valence-corrected chi connectivity index (χ0v) is 11.4. The first-order valence-electron chi connectivity index (χ1n) is 6.20. The number of rotatable bonds is 3. The van der Waals surface area contributed by atoms with E-state index in [1.807, 2.05) is 19.9 Å².